The molecular weight excluding hydrogens is 360 g/mol. The van der Waals surface area contributed by atoms with Gasteiger partial charge in [-0.25, -0.2) is 4.98 Å². The lowest BCUT2D eigenvalue weighted by Gasteiger charge is -2.10. The van der Waals surface area contributed by atoms with Crippen LogP contribution in [0.3, 0.4) is 0 Å². The van der Waals surface area contributed by atoms with E-state index >= 15 is 0 Å². The fraction of sp³-hybridized carbons (Fsp3) is 0.158. The van der Waals surface area contributed by atoms with Gasteiger partial charge in [-0.2, -0.15) is 14.9 Å². The van der Waals surface area contributed by atoms with Crippen LogP contribution in [0.25, 0.3) is 27.3 Å². The molecule has 0 amide bonds. The first-order valence-corrected chi connectivity index (χ1v) is 9.43. The van der Waals surface area contributed by atoms with Gasteiger partial charge in [-0.05, 0) is 35.9 Å². The van der Waals surface area contributed by atoms with E-state index in [2.05, 4.69) is 21.5 Å². The molecule has 0 atom stereocenters. The fourth-order valence-electron chi connectivity index (χ4n) is 3.01. The van der Waals surface area contributed by atoms with E-state index in [0.717, 1.165) is 40.4 Å². The van der Waals surface area contributed by atoms with Gasteiger partial charge in [0.1, 0.15) is 17.5 Å². The lowest BCUT2D eigenvalue weighted by molar-refractivity contribution is 0.926. The van der Waals surface area contributed by atoms with Gasteiger partial charge in [0.15, 0.2) is 5.65 Å². The Morgan fingerprint density at radius 3 is 2.96 bits per heavy atom. The average molecular weight is 374 g/mol. The summed E-state index contributed by atoms with van der Waals surface area (Å²) in [4.78, 5) is 19.8. The van der Waals surface area contributed by atoms with Crippen molar-refractivity contribution < 1.29 is 0 Å². The standard InChI is InChI=1S/C19H14N6OS/c20-8-12-10-22-25-16(23-13-2-3-13)7-15(24-19(12)25)18-14(5-6-27-18)11-1-4-17(26)21-9-11/h1,4-7,9-10,13,23H,2-3H2,(H,21,26). The van der Waals surface area contributed by atoms with Crippen LogP contribution < -0.4 is 10.9 Å². The van der Waals surface area contributed by atoms with E-state index in [1.807, 2.05) is 17.5 Å². The maximum atomic E-state index is 11.4. The topological polar surface area (TPSA) is 98.9 Å². The van der Waals surface area contributed by atoms with Crippen LogP contribution in [0.5, 0.6) is 0 Å². The minimum Gasteiger partial charge on any atom is -0.367 e. The normalized spacial score (nSPS) is 13.6. The Hall–Kier alpha value is -3.44. The number of rotatable bonds is 4. The van der Waals surface area contributed by atoms with E-state index in [-0.39, 0.29) is 5.56 Å². The maximum Gasteiger partial charge on any atom is 0.247 e. The number of hydrogen-bond donors (Lipinski definition) is 2. The maximum absolute atomic E-state index is 11.4. The lowest BCUT2D eigenvalue weighted by Crippen LogP contribution is -2.08. The van der Waals surface area contributed by atoms with Crippen molar-refractivity contribution in [1.82, 2.24) is 19.6 Å². The molecule has 0 aliphatic heterocycles. The molecule has 7 nitrogen and oxygen atoms in total. The van der Waals surface area contributed by atoms with E-state index in [1.165, 1.54) is 6.07 Å². The molecule has 0 saturated heterocycles. The van der Waals surface area contributed by atoms with Crippen molar-refractivity contribution in [1.29, 1.82) is 5.26 Å². The highest BCUT2D eigenvalue weighted by atomic mass is 32.1. The Morgan fingerprint density at radius 1 is 1.33 bits per heavy atom. The number of H-pyrrole nitrogens is 1. The van der Waals surface area contributed by atoms with Crippen molar-refractivity contribution in [3.05, 3.63) is 58.0 Å². The second-order valence-electron chi connectivity index (χ2n) is 6.46. The van der Waals surface area contributed by atoms with Crippen molar-refractivity contribution in [2.75, 3.05) is 5.32 Å². The summed E-state index contributed by atoms with van der Waals surface area (Å²) >= 11 is 1.57. The number of nitrogens with one attached hydrogen (secondary N) is 2. The minimum atomic E-state index is -0.135. The van der Waals surface area contributed by atoms with E-state index in [0.29, 0.717) is 17.3 Å². The van der Waals surface area contributed by atoms with Crippen LogP contribution in [-0.2, 0) is 0 Å². The third kappa shape index (κ3) is 2.78. The van der Waals surface area contributed by atoms with Crippen molar-refractivity contribution in [2.45, 2.75) is 18.9 Å². The van der Waals surface area contributed by atoms with Crippen molar-refractivity contribution in [2.24, 2.45) is 0 Å². The van der Waals surface area contributed by atoms with Crippen LogP contribution in [0.2, 0.25) is 0 Å². The molecule has 0 aromatic carbocycles. The molecule has 1 aliphatic carbocycles. The second kappa shape index (κ2) is 6.07. The van der Waals surface area contributed by atoms with Gasteiger partial charge in [-0.3, -0.25) is 4.79 Å². The van der Waals surface area contributed by atoms with E-state index in [9.17, 15) is 10.1 Å². The van der Waals surface area contributed by atoms with Crippen molar-refractivity contribution in [3.63, 3.8) is 0 Å². The third-order valence-electron chi connectivity index (χ3n) is 4.51. The van der Waals surface area contributed by atoms with Crippen LogP contribution in [0, 0.1) is 11.3 Å². The molecular formula is C19H14N6OS. The predicted octanol–water partition coefficient (Wildman–Crippen LogP) is 3.26. The third-order valence-corrected chi connectivity index (χ3v) is 5.45. The number of pyridine rings is 1. The van der Waals surface area contributed by atoms with Gasteiger partial charge in [0.25, 0.3) is 0 Å². The molecule has 0 bridgehead atoms. The highest BCUT2D eigenvalue weighted by Crippen LogP contribution is 2.37. The van der Waals surface area contributed by atoms with Gasteiger partial charge in [0.05, 0.1) is 16.8 Å². The molecule has 0 radical (unpaired) electrons. The molecule has 5 rings (SSSR count). The van der Waals surface area contributed by atoms with E-state index in [1.54, 1.807) is 34.3 Å². The van der Waals surface area contributed by atoms with Crippen LogP contribution in [0.1, 0.15) is 18.4 Å². The van der Waals surface area contributed by atoms with Gasteiger partial charge in [-0.15, -0.1) is 11.3 Å². The summed E-state index contributed by atoms with van der Waals surface area (Å²) in [5.74, 6) is 0.833. The van der Waals surface area contributed by atoms with Gasteiger partial charge in [-0.1, -0.05) is 0 Å². The summed E-state index contributed by atoms with van der Waals surface area (Å²) in [6.07, 6.45) is 5.51. The van der Waals surface area contributed by atoms with Crippen LogP contribution in [0.15, 0.2) is 46.8 Å². The molecule has 4 aromatic heterocycles. The molecule has 8 heteroatoms. The van der Waals surface area contributed by atoms with Crippen molar-refractivity contribution >= 4 is 22.8 Å². The molecule has 1 aliphatic rings. The Morgan fingerprint density at radius 2 is 2.22 bits per heavy atom. The van der Waals surface area contributed by atoms with E-state index < -0.39 is 0 Å². The van der Waals surface area contributed by atoms with Gasteiger partial charge >= 0.3 is 0 Å². The number of thiophene rings is 1. The second-order valence-corrected chi connectivity index (χ2v) is 7.37. The Balaban J connectivity index is 1.69. The summed E-state index contributed by atoms with van der Waals surface area (Å²) in [5, 5.41) is 19.2. The summed E-state index contributed by atoms with van der Waals surface area (Å²) in [6.45, 7) is 0. The zero-order chi connectivity index (χ0) is 18.4. The molecule has 0 spiro atoms. The number of fused-ring (bicyclic) bond motifs is 1. The van der Waals surface area contributed by atoms with Crippen molar-refractivity contribution in [3.8, 4) is 27.8 Å². The summed E-state index contributed by atoms with van der Waals surface area (Å²) in [7, 11) is 0. The number of nitriles is 1. The van der Waals surface area contributed by atoms with Crippen LogP contribution in [-0.4, -0.2) is 25.6 Å². The van der Waals surface area contributed by atoms with Crippen LogP contribution >= 0.6 is 11.3 Å². The monoisotopic (exact) mass is 374 g/mol. The first kappa shape index (κ1) is 15.8. The Kier molecular flexibility index (Phi) is 3.55. The predicted molar refractivity (Wildman–Crippen MR) is 104 cm³/mol. The number of nitrogens with zero attached hydrogens (tertiary/aromatic N) is 4. The molecule has 1 fully saturated rings. The summed E-state index contributed by atoms with van der Waals surface area (Å²) < 4.78 is 1.69. The zero-order valence-electron chi connectivity index (χ0n) is 14.1. The number of hydrogen-bond acceptors (Lipinski definition) is 6. The molecule has 2 N–H and O–H groups in total. The molecule has 132 valence electrons. The van der Waals surface area contributed by atoms with Gasteiger partial charge < -0.3 is 10.3 Å². The molecule has 4 heterocycles. The fourth-order valence-corrected chi connectivity index (χ4v) is 3.89. The smallest absolute Gasteiger partial charge is 0.247 e. The quantitative estimate of drug-likeness (QED) is 0.571. The molecule has 4 aromatic rings. The lowest BCUT2D eigenvalue weighted by atomic mass is 10.1. The first-order chi connectivity index (χ1) is 13.2. The molecule has 27 heavy (non-hydrogen) atoms. The van der Waals surface area contributed by atoms with Crippen LogP contribution in [0.4, 0.5) is 5.82 Å². The SMILES string of the molecule is N#Cc1cnn2c(NC3CC3)cc(-c3sccc3-c3ccc(=O)[nH]c3)nc12. The van der Waals surface area contributed by atoms with E-state index in [4.69, 9.17) is 4.98 Å². The van der Waals surface area contributed by atoms with Gasteiger partial charge in [0, 0.05) is 29.9 Å². The molecule has 1 saturated carbocycles. The first-order valence-electron chi connectivity index (χ1n) is 8.55. The molecule has 0 unspecified atom stereocenters. The highest BCUT2D eigenvalue weighted by molar-refractivity contribution is 7.14. The minimum absolute atomic E-state index is 0.135. The largest absolute Gasteiger partial charge is 0.367 e. The Bertz CT molecular complexity index is 1240. The summed E-state index contributed by atoms with van der Waals surface area (Å²) in [5.41, 5.74) is 3.53. The number of aromatic amines is 1. The number of aromatic nitrogens is 4. The number of anilines is 1. The Labute approximate surface area is 157 Å². The summed E-state index contributed by atoms with van der Waals surface area (Å²) in [6, 6.07) is 9.90. The van der Waals surface area contributed by atoms with Gasteiger partial charge in [0.2, 0.25) is 5.56 Å². The average Bonchev–Trinajstić information content (AvgIpc) is 3.20. The zero-order valence-corrected chi connectivity index (χ0v) is 15.0. The highest BCUT2D eigenvalue weighted by Gasteiger charge is 2.24.